The molecular weight excluding hydrogens is 1770 g/mol. The Hall–Kier alpha value is -12.9. The number of nitrogens with zero attached hydrogens (tertiary/aromatic N) is 10. The molecule has 0 spiro atoms. The van der Waals surface area contributed by atoms with Crippen molar-refractivity contribution in [3.8, 4) is 0 Å². The molecule has 0 aromatic rings. The fourth-order valence-corrected chi connectivity index (χ4v) is 10.5. The van der Waals surface area contributed by atoms with Crippen molar-refractivity contribution in [2.75, 3.05) is 65.8 Å². The van der Waals surface area contributed by atoms with Crippen molar-refractivity contribution in [3.05, 3.63) is 60.7 Å². The van der Waals surface area contributed by atoms with Crippen LogP contribution in [0.1, 0.15) is 276 Å². The predicted molar refractivity (Wildman–Crippen MR) is 459 cm³/mol. The summed E-state index contributed by atoms with van der Waals surface area (Å²) in [6.07, 6.45) is 3.41. The Bertz CT molecular complexity index is 3580. The fraction of sp³-hybridized carbons (Fsp3) is 0.795. The Labute approximate surface area is 762 Å². The molecule has 0 aliphatic heterocycles. The fourth-order valence-electron chi connectivity index (χ4n) is 10.5. The molecule has 0 rings (SSSR count). The van der Waals surface area contributed by atoms with Gasteiger partial charge in [-0.15, -0.1) is 60.7 Å². The van der Waals surface area contributed by atoms with E-state index < -0.39 is 139 Å². The zero-order valence-electron chi connectivity index (χ0n) is 77.2. The number of carbonyl (C=O) groups is 12. The van der Waals surface area contributed by atoms with Crippen LogP contribution in [0.5, 0.6) is 0 Å². The molecule has 6 unspecified atom stereocenters. The lowest BCUT2D eigenvalue weighted by Gasteiger charge is -2.21. The quantitative estimate of drug-likeness (QED) is 0.00708. The van der Waals surface area contributed by atoms with Gasteiger partial charge in [0.25, 0.3) is 56.4 Å². The summed E-state index contributed by atoms with van der Waals surface area (Å²) < 4.78 is 50.5. The van der Waals surface area contributed by atoms with Gasteiger partial charge >= 0.3 is 35.8 Å². The maximum Gasteiger partial charge on any atom is 0.313 e. The number of Topliss-reactive ketones (excluding diaryl/α,β-unsaturated/α-hetero) is 2. The van der Waals surface area contributed by atoms with Gasteiger partial charge in [-0.1, -0.05) is 12.8 Å². The normalized spacial score (nSPS) is 12.9. The van der Waals surface area contributed by atoms with Crippen LogP contribution in [0.25, 0.3) is 0 Å². The van der Waals surface area contributed by atoms with Gasteiger partial charge in [-0.3, -0.25) is 77.5 Å². The van der Waals surface area contributed by atoms with E-state index in [0.29, 0.717) is 129 Å². The standard InChI is InChI=1S/C20H34N4O12.C20H35N3O9.C19H32N4O11.C19H33N3O8/c1-20(2,3)35-19(27)11-15(33-14-25)8-6-9-22-17(21)12-18(26)32-10-5-4-7-16(36-24(30)31)13-34-23(28)29;1-20(2,3)32-19(26)13-16(30-15-24)9-8-10-22-17(21)14-18(25)29-11-6-4-5-7-12-31-23(27)28;1-19(2,3)33-18(26)11-15(31-13-24)8-5-9-21-17(20)10-14(25)6-4-7-16(34-23(29)30)12-32-22(27)28;1-19(2,3)30-18(25)13-16(28-14-23)9-7-10-21-17(20)12-15(24)8-5-4-6-11-29-22(26)27/h14-16H,4-13H2,1-3H3,(H2,21,22);15-16H,4-14H2,1-3H3,(H2,21,22);13,15-16H,4-12H2,1-3H3,(H2,20,21);14,16H,4-13H2,1-3H3,(H2,20,21). The van der Waals surface area contributed by atoms with Gasteiger partial charge in [0.1, 0.15) is 120 Å². The molecule has 6 atom stereocenters. The Balaban J connectivity index is -0.000000829. The Morgan fingerprint density at radius 1 is 0.295 bits per heavy atom. The molecule has 54 nitrogen and oxygen atoms in total. The van der Waals surface area contributed by atoms with Gasteiger partial charge < -0.3 is 99.3 Å². The van der Waals surface area contributed by atoms with E-state index in [1.807, 2.05) is 0 Å². The van der Waals surface area contributed by atoms with Gasteiger partial charge in [-0.05, 0) is 199 Å². The third-order valence-electron chi connectivity index (χ3n) is 15.8. The molecule has 0 aromatic carbocycles. The molecule has 0 aromatic heterocycles. The summed E-state index contributed by atoms with van der Waals surface area (Å²) in [5.74, 6) is -2.88. The van der Waals surface area contributed by atoms with Crippen LogP contribution in [0.2, 0.25) is 0 Å². The van der Waals surface area contributed by atoms with E-state index in [2.05, 4.69) is 49.0 Å². The van der Waals surface area contributed by atoms with Gasteiger partial charge in [-0.2, -0.15) is 0 Å². The highest BCUT2D eigenvalue weighted by Crippen LogP contribution is 2.20. The molecule has 0 amide bonds. The summed E-state index contributed by atoms with van der Waals surface area (Å²) in [5, 5.41) is 55.2. The first kappa shape index (κ1) is 125. The third-order valence-corrected chi connectivity index (χ3v) is 15.8. The molecule has 0 aliphatic rings. The van der Waals surface area contributed by atoms with Crippen LogP contribution >= 0.6 is 0 Å². The topological polar surface area (TPSA) is 765 Å². The molecule has 0 saturated carbocycles. The van der Waals surface area contributed by atoms with E-state index in [-0.39, 0.29) is 164 Å². The largest absolute Gasteiger partial charge is 0.465 e. The highest BCUT2D eigenvalue weighted by atomic mass is 17.0. The number of esters is 6. The molecule has 0 bridgehead atoms. The minimum Gasteiger partial charge on any atom is -0.465 e. The van der Waals surface area contributed by atoms with Crippen molar-refractivity contribution < 1.29 is 164 Å². The highest BCUT2D eigenvalue weighted by Gasteiger charge is 2.27. The summed E-state index contributed by atoms with van der Waals surface area (Å²) >= 11 is 0. The predicted octanol–water partition coefficient (Wildman–Crippen LogP) is 6.82. The second-order valence-corrected chi connectivity index (χ2v) is 32.5. The van der Waals surface area contributed by atoms with Gasteiger partial charge in [0.2, 0.25) is 0 Å². The van der Waals surface area contributed by atoms with E-state index in [0.717, 1.165) is 12.8 Å². The number of hydrogen-bond donors (Lipinski definition) is 4. The van der Waals surface area contributed by atoms with Crippen molar-refractivity contribution in [3.63, 3.8) is 0 Å². The first-order valence-corrected chi connectivity index (χ1v) is 42.2. The van der Waals surface area contributed by atoms with Gasteiger partial charge in [0, 0.05) is 39.0 Å². The summed E-state index contributed by atoms with van der Waals surface area (Å²) in [7, 11) is 0. The molecule has 8 N–H and O–H groups in total. The average Bonchev–Trinajstić information content (AvgIpc) is 0.925. The first-order valence-electron chi connectivity index (χ1n) is 42.2. The number of ketones is 2. The number of ether oxygens (including phenoxy) is 10. The van der Waals surface area contributed by atoms with Crippen LogP contribution in [0, 0.1) is 60.7 Å². The van der Waals surface area contributed by atoms with Crippen molar-refractivity contribution in [1.82, 2.24) is 0 Å². The lowest BCUT2D eigenvalue weighted by molar-refractivity contribution is -0.790. The SMILES string of the molecule is CC(C)(C)OC(=O)CC(CCCN=C(N)CC(=O)CCCC(CO[N+](=O)[O-])O[N+](=O)[O-])OC=O.CC(C)(C)OC(=O)CC(CCCN=C(N)CC(=O)CCCCCO[N+](=O)[O-])OC=O.CC(C)(C)OC(=O)CC(CCCN=C(N)CC(=O)OCCCCC(CO[N+](=O)[O-])O[N+](=O)[O-])OC=O.CC(C)(C)OC(=O)CC(CCCN=C(N)CC(=O)OCCCCCCO[N+](=O)[O-])OC=O. The number of carbonyl (C=O) groups excluding carboxylic acids is 12. The lowest BCUT2D eigenvalue weighted by atomic mass is 10.1. The third kappa shape index (κ3) is 91.9. The molecule has 54 heteroatoms. The number of rotatable bonds is 74. The van der Waals surface area contributed by atoms with Crippen LogP contribution in [0.4, 0.5) is 0 Å². The Morgan fingerprint density at radius 3 is 0.803 bits per heavy atom. The number of amidine groups is 4. The van der Waals surface area contributed by atoms with Crippen LogP contribution in [-0.4, -0.2) is 252 Å². The Kier molecular flexibility index (Phi) is 71.1. The maximum absolute atomic E-state index is 12.0. The number of unbranched alkanes of at least 4 members (excludes halogenated alkanes) is 6. The smallest absolute Gasteiger partial charge is 0.313 e. The van der Waals surface area contributed by atoms with Crippen LogP contribution in [-0.2, 0) is 134 Å². The van der Waals surface area contributed by atoms with Crippen LogP contribution in [0.15, 0.2) is 20.0 Å². The monoisotopic (exact) mass is 1910 g/mol. The molecule has 0 radical (unpaired) electrons. The highest BCUT2D eigenvalue weighted by molar-refractivity contribution is 6.01. The number of nitrogens with two attached hydrogens (primary N) is 4. The first-order chi connectivity index (χ1) is 61.7. The summed E-state index contributed by atoms with van der Waals surface area (Å²) in [6.45, 7) is 22.2. The van der Waals surface area contributed by atoms with Gasteiger partial charge in [0.15, 0.2) is 0 Å². The molecule has 0 heterocycles. The summed E-state index contributed by atoms with van der Waals surface area (Å²) in [5.41, 5.74) is 20.4. The van der Waals surface area contributed by atoms with E-state index >= 15 is 0 Å². The zero-order chi connectivity index (χ0) is 101. The molecule has 0 saturated heterocycles. The van der Waals surface area contributed by atoms with E-state index in [9.17, 15) is 118 Å². The van der Waals surface area contributed by atoms with E-state index in [4.69, 9.17) is 70.3 Å². The summed E-state index contributed by atoms with van der Waals surface area (Å²) in [4.78, 5) is 240. The minimum atomic E-state index is -1.18. The molecule has 0 aliphatic carbocycles. The molecule has 756 valence electrons. The van der Waals surface area contributed by atoms with Crippen LogP contribution < -0.4 is 22.9 Å². The molecule has 0 fully saturated rings. The average molecular weight is 1910 g/mol. The van der Waals surface area contributed by atoms with Gasteiger partial charge in [-0.25, -0.2) is 0 Å². The molecular formula is C78H134N14O40. The van der Waals surface area contributed by atoms with Crippen molar-refractivity contribution >= 4 is 96.6 Å². The second-order valence-electron chi connectivity index (χ2n) is 32.5. The number of hydrogen-bond acceptors (Lipinski definition) is 44. The summed E-state index contributed by atoms with van der Waals surface area (Å²) in [6, 6.07) is 0. The van der Waals surface area contributed by atoms with Crippen molar-refractivity contribution in [2.45, 2.75) is 335 Å². The Morgan fingerprint density at radius 2 is 0.538 bits per heavy atom. The minimum absolute atomic E-state index is 0.00275. The van der Waals surface area contributed by atoms with Gasteiger partial charge in [0.05, 0.1) is 65.0 Å². The molecule has 132 heavy (non-hydrogen) atoms. The van der Waals surface area contributed by atoms with Crippen molar-refractivity contribution in [1.29, 1.82) is 0 Å². The van der Waals surface area contributed by atoms with Crippen LogP contribution in [0.3, 0.4) is 0 Å². The zero-order valence-corrected chi connectivity index (χ0v) is 77.2. The second kappa shape index (κ2) is 74.9. The maximum atomic E-state index is 12.0. The number of aliphatic imine (C=N–C) groups is 4. The lowest BCUT2D eigenvalue weighted by Crippen LogP contribution is -2.27. The van der Waals surface area contributed by atoms with Crippen molar-refractivity contribution in [2.24, 2.45) is 42.9 Å². The van der Waals surface area contributed by atoms with E-state index in [1.165, 1.54) is 0 Å². The van der Waals surface area contributed by atoms with E-state index in [1.54, 1.807) is 83.1 Å².